The van der Waals surface area contributed by atoms with Crippen LogP contribution < -0.4 is 5.32 Å². The van der Waals surface area contributed by atoms with Crippen LogP contribution in [0.1, 0.15) is 19.8 Å². The zero-order valence-corrected chi connectivity index (χ0v) is 12.4. The zero-order chi connectivity index (χ0) is 15.0. The molecule has 1 aromatic rings. The van der Waals surface area contributed by atoms with Crippen molar-refractivity contribution in [3.05, 3.63) is 29.8 Å². The van der Waals surface area contributed by atoms with E-state index in [0.717, 1.165) is 25.1 Å². The van der Waals surface area contributed by atoms with Gasteiger partial charge < -0.3 is 10.1 Å². The van der Waals surface area contributed by atoms with Crippen LogP contribution >= 0.6 is 11.8 Å². The summed E-state index contributed by atoms with van der Waals surface area (Å²) < 4.78 is 30.6. The van der Waals surface area contributed by atoms with Crippen LogP contribution in [0.5, 0.6) is 0 Å². The van der Waals surface area contributed by atoms with Crippen molar-refractivity contribution in [3.8, 4) is 0 Å². The molecule has 0 bridgehead atoms. The maximum Gasteiger partial charge on any atom is 0.322 e. The first-order valence-corrected chi connectivity index (χ1v) is 7.46. The fourth-order valence-electron chi connectivity index (χ4n) is 1.63. The Bertz CT molecular complexity index is 443. The molecule has 0 heterocycles. The van der Waals surface area contributed by atoms with Crippen LogP contribution in [-0.4, -0.2) is 31.4 Å². The van der Waals surface area contributed by atoms with Crippen LogP contribution in [0.15, 0.2) is 23.1 Å². The third kappa shape index (κ3) is 5.46. The van der Waals surface area contributed by atoms with Crippen LogP contribution in [0.2, 0.25) is 0 Å². The minimum Gasteiger partial charge on any atom is -0.468 e. The van der Waals surface area contributed by atoms with Gasteiger partial charge in [-0.15, -0.1) is 11.8 Å². The summed E-state index contributed by atoms with van der Waals surface area (Å²) in [5.74, 6) is -1.40. The fraction of sp³-hybridized carbons (Fsp3) is 0.500. The lowest BCUT2D eigenvalue weighted by Crippen LogP contribution is -2.38. The van der Waals surface area contributed by atoms with Crippen LogP contribution in [0.3, 0.4) is 0 Å². The molecule has 0 amide bonds. The molecule has 20 heavy (non-hydrogen) atoms. The lowest BCUT2D eigenvalue weighted by atomic mass is 10.2. The molecule has 0 aliphatic rings. The van der Waals surface area contributed by atoms with E-state index in [1.807, 2.05) is 6.92 Å². The number of nitrogens with one attached hydrogen (secondary N) is 1. The first-order chi connectivity index (χ1) is 9.58. The molecular formula is C14H19F2NO2S. The maximum atomic E-state index is 13.0. The summed E-state index contributed by atoms with van der Waals surface area (Å²) in [6.45, 7) is 2.74. The highest BCUT2D eigenvalue weighted by Gasteiger charge is 2.17. The Kier molecular flexibility index (Phi) is 7.54. The highest BCUT2D eigenvalue weighted by Crippen LogP contribution is 2.21. The Morgan fingerprint density at radius 2 is 2.15 bits per heavy atom. The minimum atomic E-state index is -0.858. The molecule has 1 rings (SSSR count). The van der Waals surface area contributed by atoms with Crippen molar-refractivity contribution in [3.63, 3.8) is 0 Å². The Hall–Kier alpha value is -1.14. The molecule has 3 nitrogen and oxygen atoms in total. The van der Waals surface area contributed by atoms with Crippen LogP contribution in [0.25, 0.3) is 0 Å². The first-order valence-electron chi connectivity index (χ1n) is 6.47. The summed E-state index contributed by atoms with van der Waals surface area (Å²) in [7, 11) is 1.35. The first kappa shape index (κ1) is 16.9. The Labute approximate surface area is 122 Å². The van der Waals surface area contributed by atoms with Gasteiger partial charge >= 0.3 is 5.97 Å². The summed E-state index contributed by atoms with van der Waals surface area (Å²) in [5.41, 5.74) is 0. The maximum absolute atomic E-state index is 13.0. The zero-order valence-electron chi connectivity index (χ0n) is 11.6. The van der Waals surface area contributed by atoms with Gasteiger partial charge in [0.25, 0.3) is 0 Å². The van der Waals surface area contributed by atoms with Gasteiger partial charge in [0.1, 0.15) is 6.04 Å². The molecule has 112 valence electrons. The molecule has 0 saturated heterocycles. The van der Waals surface area contributed by atoms with E-state index in [-0.39, 0.29) is 12.0 Å². The van der Waals surface area contributed by atoms with Gasteiger partial charge in [0.15, 0.2) is 11.6 Å². The van der Waals surface area contributed by atoms with E-state index in [2.05, 4.69) is 5.32 Å². The molecule has 0 fully saturated rings. The van der Waals surface area contributed by atoms with Gasteiger partial charge in [0, 0.05) is 10.6 Å². The molecule has 0 saturated carbocycles. The van der Waals surface area contributed by atoms with Gasteiger partial charge in [-0.2, -0.15) is 0 Å². The standard InChI is InChI=1S/C14H19F2NO2S/c1-3-7-17-13(14(18)19-2)6-8-20-10-4-5-11(15)12(16)9-10/h4-5,9,13,17H,3,6-8H2,1-2H3. The second kappa shape index (κ2) is 8.92. The smallest absolute Gasteiger partial charge is 0.322 e. The number of esters is 1. The Morgan fingerprint density at radius 1 is 1.40 bits per heavy atom. The van der Waals surface area contributed by atoms with Gasteiger partial charge in [0.2, 0.25) is 0 Å². The quantitative estimate of drug-likeness (QED) is 0.592. The van der Waals surface area contributed by atoms with E-state index in [9.17, 15) is 13.6 Å². The van der Waals surface area contributed by atoms with Crippen LogP contribution in [-0.2, 0) is 9.53 Å². The van der Waals surface area contributed by atoms with E-state index in [1.165, 1.54) is 24.9 Å². The largest absolute Gasteiger partial charge is 0.468 e. The van der Waals surface area contributed by atoms with Gasteiger partial charge in [-0.1, -0.05) is 6.92 Å². The van der Waals surface area contributed by atoms with Crippen molar-refractivity contribution in [2.24, 2.45) is 0 Å². The second-order valence-electron chi connectivity index (χ2n) is 4.24. The van der Waals surface area contributed by atoms with Crippen molar-refractivity contribution in [2.75, 3.05) is 19.4 Å². The van der Waals surface area contributed by atoms with Gasteiger partial charge in [-0.25, -0.2) is 8.78 Å². The molecule has 0 radical (unpaired) electrons. The number of ether oxygens (including phenoxy) is 1. The molecule has 0 aliphatic heterocycles. The van der Waals surface area contributed by atoms with E-state index < -0.39 is 11.6 Å². The highest BCUT2D eigenvalue weighted by molar-refractivity contribution is 7.99. The topological polar surface area (TPSA) is 38.3 Å². The van der Waals surface area contributed by atoms with E-state index in [4.69, 9.17) is 4.74 Å². The van der Waals surface area contributed by atoms with Crippen molar-refractivity contribution >= 4 is 17.7 Å². The molecular weight excluding hydrogens is 284 g/mol. The second-order valence-corrected chi connectivity index (χ2v) is 5.41. The third-order valence-corrected chi connectivity index (χ3v) is 3.72. The number of hydrogen-bond acceptors (Lipinski definition) is 4. The van der Waals surface area contributed by atoms with E-state index in [0.29, 0.717) is 17.1 Å². The number of thioether (sulfide) groups is 1. The van der Waals surface area contributed by atoms with Crippen molar-refractivity contribution < 1.29 is 18.3 Å². The Balaban J connectivity index is 2.46. The van der Waals surface area contributed by atoms with Crippen LogP contribution in [0.4, 0.5) is 8.78 Å². The monoisotopic (exact) mass is 303 g/mol. The summed E-state index contributed by atoms with van der Waals surface area (Å²) >= 11 is 1.38. The number of hydrogen-bond donors (Lipinski definition) is 1. The van der Waals surface area contributed by atoms with Gasteiger partial charge in [0.05, 0.1) is 7.11 Å². The molecule has 1 N–H and O–H groups in total. The van der Waals surface area contributed by atoms with Crippen molar-refractivity contribution in [1.29, 1.82) is 0 Å². The molecule has 1 atom stereocenters. The minimum absolute atomic E-state index is 0.302. The van der Waals surface area contributed by atoms with E-state index >= 15 is 0 Å². The summed E-state index contributed by atoms with van der Waals surface area (Å²) in [6.07, 6.45) is 1.49. The number of carbonyl (C=O) groups is 1. The number of halogens is 2. The number of methoxy groups -OCH3 is 1. The number of benzene rings is 1. The number of carbonyl (C=O) groups excluding carboxylic acids is 1. The van der Waals surface area contributed by atoms with Crippen LogP contribution in [0, 0.1) is 11.6 Å². The average Bonchev–Trinajstić information content (AvgIpc) is 2.45. The Morgan fingerprint density at radius 3 is 2.75 bits per heavy atom. The molecule has 0 aromatic heterocycles. The highest BCUT2D eigenvalue weighted by atomic mass is 32.2. The lowest BCUT2D eigenvalue weighted by molar-refractivity contribution is -0.143. The molecule has 6 heteroatoms. The summed E-state index contributed by atoms with van der Waals surface area (Å²) in [6, 6.07) is 3.42. The van der Waals surface area contributed by atoms with E-state index in [1.54, 1.807) is 0 Å². The lowest BCUT2D eigenvalue weighted by Gasteiger charge is -2.15. The third-order valence-electron chi connectivity index (χ3n) is 2.69. The average molecular weight is 303 g/mol. The molecule has 1 aromatic carbocycles. The van der Waals surface area contributed by atoms with Gasteiger partial charge in [-0.05, 0) is 37.6 Å². The van der Waals surface area contributed by atoms with Crippen molar-refractivity contribution in [1.82, 2.24) is 5.32 Å². The fourth-order valence-corrected chi connectivity index (χ4v) is 2.57. The summed E-state index contributed by atoms with van der Waals surface area (Å²) in [5, 5.41) is 3.10. The predicted octanol–water partition coefficient (Wildman–Crippen LogP) is 2.99. The van der Waals surface area contributed by atoms with Crippen molar-refractivity contribution in [2.45, 2.75) is 30.7 Å². The SMILES string of the molecule is CCCNC(CCSc1ccc(F)c(F)c1)C(=O)OC. The normalized spacial score (nSPS) is 12.2. The van der Waals surface area contributed by atoms with Gasteiger partial charge in [-0.3, -0.25) is 4.79 Å². The summed E-state index contributed by atoms with van der Waals surface area (Å²) in [4.78, 5) is 12.2. The number of rotatable bonds is 8. The molecule has 0 spiro atoms. The molecule has 0 aliphatic carbocycles. The molecule has 1 unspecified atom stereocenters. The predicted molar refractivity (Wildman–Crippen MR) is 75.8 cm³/mol.